The Kier molecular flexibility index (Phi) is 31.5. The second-order valence-corrected chi connectivity index (χ2v) is 16.6. The number of hydrogen-bond acceptors (Lipinski definition) is 12. The van der Waals surface area contributed by atoms with E-state index in [1.165, 1.54) is 77.0 Å². The third-order valence-corrected chi connectivity index (χ3v) is 11.0. The minimum absolute atomic E-state index is 0.0492. The molecule has 6 unspecified atom stereocenters. The molecule has 0 aliphatic heterocycles. The summed E-state index contributed by atoms with van der Waals surface area (Å²) in [7, 11) is -5.12. The van der Waals surface area contributed by atoms with Gasteiger partial charge in [0.1, 0.15) is 43.2 Å². The zero-order chi connectivity index (χ0) is 42.2. The number of phosphoric ester groups is 1. The summed E-state index contributed by atoms with van der Waals surface area (Å²) < 4.78 is 33.4. The highest BCUT2D eigenvalue weighted by atomic mass is 31.2. The van der Waals surface area contributed by atoms with Gasteiger partial charge in [-0.15, -0.1) is 0 Å². The van der Waals surface area contributed by atoms with Crippen LogP contribution in [-0.2, 0) is 32.7 Å². The van der Waals surface area contributed by atoms with Gasteiger partial charge in [0.05, 0.1) is 6.61 Å². The van der Waals surface area contributed by atoms with Crippen LogP contribution in [0.25, 0.3) is 0 Å². The van der Waals surface area contributed by atoms with Crippen molar-refractivity contribution in [2.24, 2.45) is 0 Å². The van der Waals surface area contributed by atoms with Crippen molar-refractivity contribution < 1.29 is 63.1 Å². The van der Waals surface area contributed by atoms with Crippen molar-refractivity contribution in [3.05, 3.63) is 36.5 Å². The van der Waals surface area contributed by atoms with Crippen LogP contribution in [0.1, 0.15) is 168 Å². The fraction of sp³-hybridized carbons (Fsp3) is 0.814. The Morgan fingerprint density at radius 1 is 0.544 bits per heavy atom. The van der Waals surface area contributed by atoms with Crippen LogP contribution in [0.2, 0.25) is 0 Å². The van der Waals surface area contributed by atoms with E-state index >= 15 is 0 Å². The Morgan fingerprint density at radius 3 is 1.47 bits per heavy atom. The first-order valence-electron chi connectivity index (χ1n) is 21.8. The van der Waals surface area contributed by atoms with Crippen LogP contribution in [0, 0.1) is 0 Å². The van der Waals surface area contributed by atoms with Crippen molar-refractivity contribution in [1.82, 2.24) is 0 Å². The average molecular weight is 833 g/mol. The van der Waals surface area contributed by atoms with Gasteiger partial charge in [-0.25, -0.2) is 4.57 Å². The van der Waals surface area contributed by atoms with Gasteiger partial charge < -0.3 is 39.9 Å². The SMILES string of the molecule is CCCCC/C=C/C/C=C/C/C=C/CCCCC(=O)O[C@H](COC(=O)CCCCCCCCCCCCCCC)COP(=O)(O)OC1C(O)C(O)C(O)[C@@H](O)C1O. The van der Waals surface area contributed by atoms with Crippen LogP contribution in [0.15, 0.2) is 36.5 Å². The lowest BCUT2D eigenvalue weighted by Crippen LogP contribution is -2.64. The molecule has 6 N–H and O–H groups in total. The number of unbranched alkanes of at least 4 members (excludes halogenated alkanes) is 17. The van der Waals surface area contributed by atoms with E-state index in [9.17, 15) is 44.6 Å². The molecule has 1 saturated carbocycles. The Bertz CT molecular complexity index is 1150. The van der Waals surface area contributed by atoms with Gasteiger partial charge in [-0.1, -0.05) is 140 Å². The van der Waals surface area contributed by atoms with Crippen LogP contribution in [0.3, 0.4) is 0 Å². The van der Waals surface area contributed by atoms with Gasteiger partial charge in [-0.05, 0) is 51.4 Å². The first-order valence-corrected chi connectivity index (χ1v) is 23.3. The molecule has 332 valence electrons. The first kappa shape index (κ1) is 53.1. The zero-order valence-electron chi connectivity index (χ0n) is 34.9. The molecule has 0 bridgehead atoms. The van der Waals surface area contributed by atoms with Crippen molar-refractivity contribution in [1.29, 1.82) is 0 Å². The molecular formula is C43H77O13P. The maximum atomic E-state index is 12.8. The van der Waals surface area contributed by atoms with Gasteiger partial charge in [0, 0.05) is 12.8 Å². The molecule has 57 heavy (non-hydrogen) atoms. The Morgan fingerprint density at radius 2 is 0.947 bits per heavy atom. The summed E-state index contributed by atoms with van der Waals surface area (Å²) >= 11 is 0. The van der Waals surface area contributed by atoms with E-state index in [0.717, 1.165) is 51.4 Å². The van der Waals surface area contributed by atoms with Crippen molar-refractivity contribution in [3.8, 4) is 0 Å². The van der Waals surface area contributed by atoms with Crippen molar-refractivity contribution >= 4 is 19.8 Å². The Hall–Kier alpha value is -1.93. The maximum absolute atomic E-state index is 12.8. The van der Waals surface area contributed by atoms with E-state index in [2.05, 4.69) is 50.3 Å². The van der Waals surface area contributed by atoms with Crippen LogP contribution in [0.4, 0.5) is 0 Å². The van der Waals surface area contributed by atoms with E-state index in [-0.39, 0.29) is 12.8 Å². The van der Waals surface area contributed by atoms with E-state index in [4.69, 9.17) is 18.5 Å². The maximum Gasteiger partial charge on any atom is 0.472 e. The third kappa shape index (κ3) is 26.7. The largest absolute Gasteiger partial charge is 0.472 e. The number of rotatable bonds is 35. The minimum Gasteiger partial charge on any atom is -0.462 e. The predicted molar refractivity (Wildman–Crippen MR) is 221 cm³/mol. The van der Waals surface area contributed by atoms with Crippen LogP contribution in [0.5, 0.6) is 0 Å². The number of carbonyl (C=O) groups is 2. The fourth-order valence-corrected chi connectivity index (χ4v) is 7.38. The zero-order valence-corrected chi connectivity index (χ0v) is 35.8. The smallest absolute Gasteiger partial charge is 0.462 e. The summed E-state index contributed by atoms with van der Waals surface area (Å²) in [4.78, 5) is 35.6. The molecule has 0 spiro atoms. The van der Waals surface area contributed by atoms with E-state index in [1.54, 1.807) is 0 Å². The quantitative estimate of drug-likeness (QED) is 0.0156. The number of allylic oxidation sites excluding steroid dienone is 6. The number of hydrogen-bond donors (Lipinski definition) is 6. The molecule has 13 nitrogen and oxygen atoms in total. The monoisotopic (exact) mass is 833 g/mol. The molecule has 1 rings (SSSR count). The highest BCUT2D eigenvalue weighted by molar-refractivity contribution is 7.47. The molecule has 0 saturated heterocycles. The fourth-order valence-electron chi connectivity index (χ4n) is 6.41. The number of carbonyl (C=O) groups excluding carboxylic acids is 2. The highest BCUT2D eigenvalue weighted by Crippen LogP contribution is 2.47. The molecule has 8 atom stereocenters. The summed E-state index contributed by atoms with van der Waals surface area (Å²) in [6.45, 7) is 3.22. The number of aliphatic hydroxyl groups excluding tert-OH is 5. The molecule has 0 aromatic heterocycles. The lowest BCUT2D eigenvalue weighted by Gasteiger charge is -2.41. The van der Waals surface area contributed by atoms with Gasteiger partial charge in [-0.3, -0.25) is 18.6 Å². The van der Waals surface area contributed by atoms with E-state index in [0.29, 0.717) is 12.8 Å². The van der Waals surface area contributed by atoms with Gasteiger partial charge in [-0.2, -0.15) is 0 Å². The van der Waals surface area contributed by atoms with Crippen LogP contribution in [-0.4, -0.2) is 98.3 Å². The molecule has 1 fully saturated rings. The summed E-state index contributed by atoms with van der Waals surface area (Å²) in [5.41, 5.74) is 0. The lowest BCUT2D eigenvalue weighted by molar-refractivity contribution is -0.220. The molecule has 0 aromatic carbocycles. The molecule has 0 radical (unpaired) electrons. The third-order valence-electron chi connectivity index (χ3n) is 9.98. The highest BCUT2D eigenvalue weighted by Gasteiger charge is 2.51. The molecular weight excluding hydrogens is 755 g/mol. The van der Waals surface area contributed by atoms with Gasteiger partial charge >= 0.3 is 19.8 Å². The molecule has 0 aromatic rings. The number of phosphoric acid groups is 1. The van der Waals surface area contributed by atoms with Crippen molar-refractivity contribution in [2.75, 3.05) is 13.2 Å². The Labute approximate surface area is 342 Å². The normalized spacial score (nSPS) is 23.0. The number of aliphatic hydroxyl groups is 5. The summed E-state index contributed by atoms with van der Waals surface area (Å²) in [5.74, 6) is -1.14. The molecule has 14 heteroatoms. The lowest BCUT2D eigenvalue weighted by atomic mass is 9.85. The average Bonchev–Trinajstić information content (AvgIpc) is 3.19. The van der Waals surface area contributed by atoms with Gasteiger partial charge in [0.2, 0.25) is 0 Å². The topological polar surface area (TPSA) is 210 Å². The predicted octanol–water partition coefficient (Wildman–Crippen LogP) is 7.83. The molecule has 0 heterocycles. The van der Waals surface area contributed by atoms with E-state index in [1.807, 2.05) is 0 Å². The van der Waals surface area contributed by atoms with Crippen molar-refractivity contribution in [2.45, 2.75) is 211 Å². The number of esters is 2. The number of ether oxygens (including phenoxy) is 2. The van der Waals surface area contributed by atoms with E-state index < -0.39 is 75.7 Å². The molecule has 0 amide bonds. The second-order valence-electron chi connectivity index (χ2n) is 15.2. The van der Waals surface area contributed by atoms with Gasteiger partial charge in [0.25, 0.3) is 0 Å². The van der Waals surface area contributed by atoms with Crippen LogP contribution >= 0.6 is 7.82 Å². The second kappa shape index (κ2) is 33.9. The summed E-state index contributed by atoms with van der Waals surface area (Å²) in [6, 6.07) is 0. The summed E-state index contributed by atoms with van der Waals surface area (Å²) in [5, 5.41) is 50.0. The molecule has 1 aliphatic carbocycles. The van der Waals surface area contributed by atoms with Gasteiger partial charge in [0.15, 0.2) is 6.10 Å². The minimum atomic E-state index is -5.12. The Balaban J connectivity index is 2.53. The first-order chi connectivity index (χ1) is 27.4. The van der Waals surface area contributed by atoms with Crippen molar-refractivity contribution in [3.63, 3.8) is 0 Å². The summed E-state index contributed by atoms with van der Waals surface area (Å²) in [6.07, 6.45) is 23.5. The molecule has 1 aliphatic rings. The van der Waals surface area contributed by atoms with Crippen LogP contribution < -0.4 is 0 Å². The standard InChI is InChI=1S/C43H77O13P/c1-3-5-7-9-11-13-15-17-18-20-22-24-26-28-30-32-37(45)55-35(34-54-57(51,52)56-43-41(49)39(47)38(46)40(48)42(43)50)33-53-36(44)31-29-27-25-23-21-19-16-14-12-10-8-6-4-2/h11,13,17-18,22,24,35,38-43,46-50H,3-10,12,14-16,19-21,23,25-34H2,1-2H3,(H,51,52)/b13-11+,18-17+,24-22+/t35-,38?,39-,40?,41?,42?,43?/m1/s1.